The molecule has 0 saturated carbocycles. The summed E-state index contributed by atoms with van der Waals surface area (Å²) in [5, 5.41) is 12.9. The van der Waals surface area contributed by atoms with Gasteiger partial charge in [-0.05, 0) is 18.6 Å². The van der Waals surface area contributed by atoms with E-state index >= 15 is 0 Å². The predicted molar refractivity (Wildman–Crippen MR) is 123 cm³/mol. The van der Waals surface area contributed by atoms with Crippen LogP contribution in [0.1, 0.15) is 38.0 Å². The van der Waals surface area contributed by atoms with Gasteiger partial charge in [-0.3, -0.25) is 4.79 Å². The Morgan fingerprint density at radius 1 is 1.03 bits per heavy atom. The summed E-state index contributed by atoms with van der Waals surface area (Å²) in [6.07, 6.45) is 0.158. The van der Waals surface area contributed by atoms with E-state index in [0.29, 0.717) is 28.5 Å². The van der Waals surface area contributed by atoms with Crippen molar-refractivity contribution >= 4 is 28.9 Å². The molecule has 7 nitrogen and oxygen atoms in total. The molecule has 32 heavy (non-hydrogen) atoms. The van der Waals surface area contributed by atoms with E-state index in [9.17, 15) is 14.7 Å². The lowest BCUT2D eigenvalue weighted by atomic mass is 9.87. The highest BCUT2D eigenvalue weighted by molar-refractivity contribution is 7.15. The molecule has 1 aromatic heterocycles. The first kappa shape index (κ1) is 21.7. The molecule has 1 unspecified atom stereocenters. The fraction of sp³-hybridized carbons (Fsp3) is 0.250. The number of amides is 1. The van der Waals surface area contributed by atoms with Gasteiger partial charge in [0.2, 0.25) is 11.7 Å². The molecule has 8 heteroatoms. The zero-order valence-corrected chi connectivity index (χ0v) is 19.0. The number of ether oxygens (including phenoxy) is 3. The van der Waals surface area contributed by atoms with Gasteiger partial charge in [0.25, 0.3) is 0 Å². The van der Waals surface area contributed by atoms with Crippen molar-refractivity contribution in [2.24, 2.45) is 0 Å². The molecule has 0 aliphatic carbocycles. The molecule has 0 saturated heterocycles. The Bertz CT molecular complexity index is 1200. The lowest BCUT2D eigenvalue weighted by molar-refractivity contribution is -0.116. The van der Waals surface area contributed by atoms with E-state index in [2.05, 4.69) is 5.32 Å². The Morgan fingerprint density at radius 3 is 2.31 bits per heavy atom. The summed E-state index contributed by atoms with van der Waals surface area (Å²) in [7, 11) is 4.58. The number of fused-ring (bicyclic) bond motifs is 1. The third-order valence-corrected chi connectivity index (χ3v) is 6.84. The maximum Gasteiger partial charge on any atom is 0.346 e. The minimum absolute atomic E-state index is 0.158. The zero-order chi connectivity index (χ0) is 23.0. The standard InChI is InChI=1S/C24H23NO6S/c1-12-5-7-13(8-6-12)18-19-22(32-23(18)24(27)28)15(11-17(26)25-19)14-9-10-16(29-2)21(31-4)20(14)30-3/h5-10,15H,11H2,1-4H3,(H,25,26)(H,27,28). The molecule has 0 spiro atoms. The highest BCUT2D eigenvalue weighted by Gasteiger charge is 2.36. The maximum absolute atomic E-state index is 12.8. The van der Waals surface area contributed by atoms with Crippen LogP contribution in [0.4, 0.5) is 5.69 Å². The van der Waals surface area contributed by atoms with E-state index in [1.54, 1.807) is 6.07 Å². The summed E-state index contributed by atoms with van der Waals surface area (Å²) in [5.74, 6) is -0.231. The van der Waals surface area contributed by atoms with Gasteiger partial charge in [-0.1, -0.05) is 35.9 Å². The number of methoxy groups -OCH3 is 3. The zero-order valence-electron chi connectivity index (χ0n) is 18.1. The molecule has 1 aliphatic rings. The van der Waals surface area contributed by atoms with E-state index < -0.39 is 11.9 Å². The van der Waals surface area contributed by atoms with Gasteiger partial charge in [-0.15, -0.1) is 11.3 Å². The number of carbonyl (C=O) groups excluding carboxylic acids is 1. The highest BCUT2D eigenvalue weighted by Crippen LogP contribution is 2.53. The number of carbonyl (C=O) groups is 2. The molecule has 166 valence electrons. The maximum atomic E-state index is 12.8. The van der Waals surface area contributed by atoms with E-state index in [-0.39, 0.29) is 17.2 Å². The van der Waals surface area contributed by atoms with Crippen LogP contribution >= 0.6 is 11.3 Å². The molecule has 4 rings (SSSR count). The number of hydrogen-bond donors (Lipinski definition) is 2. The summed E-state index contributed by atoms with van der Waals surface area (Å²) in [6, 6.07) is 11.2. The number of rotatable bonds is 6. The van der Waals surface area contributed by atoms with Crippen LogP contribution in [0, 0.1) is 6.92 Å². The first-order valence-corrected chi connectivity index (χ1v) is 10.8. The minimum Gasteiger partial charge on any atom is -0.493 e. The Hall–Kier alpha value is -3.52. The second kappa shape index (κ2) is 8.55. The number of thiophene rings is 1. The van der Waals surface area contributed by atoms with Crippen LogP contribution in [-0.2, 0) is 4.79 Å². The van der Waals surface area contributed by atoms with E-state index in [1.165, 1.54) is 32.7 Å². The second-order valence-corrected chi connectivity index (χ2v) is 8.50. The Kier molecular flexibility index (Phi) is 5.80. The normalized spacial score (nSPS) is 15.0. The lowest BCUT2D eigenvalue weighted by Gasteiger charge is -2.26. The Labute approximate surface area is 189 Å². The highest BCUT2D eigenvalue weighted by atomic mass is 32.1. The van der Waals surface area contributed by atoms with Crippen molar-refractivity contribution in [2.45, 2.75) is 19.3 Å². The monoisotopic (exact) mass is 453 g/mol. The minimum atomic E-state index is -1.03. The topological polar surface area (TPSA) is 94.1 Å². The van der Waals surface area contributed by atoms with E-state index in [0.717, 1.165) is 21.6 Å². The van der Waals surface area contributed by atoms with Crippen molar-refractivity contribution in [2.75, 3.05) is 26.6 Å². The number of nitrogens with one attached hydrogen (secondary N) is 1. The van der Waals surface area contributed by atoms with Crippen LogP contribution in [-0.4, -0.2) is 38.3 Å². The van der Waals surface area contributed by atoms with Gasteiger partial charge in [0.15, 0.2) is 11.5 Å². The van der Waals surface area contributed by atoms with E-state index in [1.807, 2.05) is 37.3 Å². The van der Waals surface area contributed by atoms with Crippen molar-refractivity contribution in [1.82, 2.24) is 0 Å². The molecular formula is C24H23NO6S. The molecule has 1 aliphatic heterocycles. The smallest absolute Gasteiger partial charge is 0.346 e. The largest absolute Gasteiger partial charge is 0.493 e. The fourth-order valence-electron chi connectivity index (χ4n) is 4.08. The molecule has 1 amide bonds. The Balaban J connectivity index is 1.96. The number of hydrogen-bond acceptors (Lipinski definition) is 6. The SMILES string of the molecule is COc1ccc(C2CC(=O)Nc3c2sc(C(=O)O)c3-c2ccc(C)cc2)c(OC)c1OC. The van der Waals surface area contributed by atoms with Crippen LogP contribution in [0.25, 0.3) is 11.1 Å². The molecule has 2 aromatic carbocycles. The second-order valence-electron chi connectivity index (χ2n) is 7.45. The molecule has 0 bridgehead atoms. The van der Waals surface area contributed by atoms with Crippen LogP contribution in [0.2, 0.25) is 0 Å². The van der Waals surface area contributed by atoms with Crippen molar-refractivity contribution in [3.05, 3.63) is 57.3 Å². The number of carboxylic acid groups (broad SMARTS) is 1. The van der Waals surface area contributed by atoms with Crippen LogP contribution < -0.4 is 19.5 Å². The van der Waals surface area contributed by atoms with Gasteiger partial charge < -0.3 is 24.6 Å². The van der Waals surface area contributed by atoms with Gasteiger partial charge in [-0.2, -0.15) is 0 Å². The summed E-state index contributed by atoms with van der Waals surface area (Å²) in [5.41, 5.74) is 3.59. The Morgan fingerprint density at radius 2 is 1.72 bits per heavy atom. The molecule has 2 N–H and O–H groups in total. The number of carboxylic acids is 1. The molecule has 0 radical (unpaired) electrons. The average molecular weight is 454 g/mol. The number of aryl methyl sites for hydroxylation is 1. The van der Waals surface area contributed by atoms with E-state index in [4.69, 9.17) is 14.2 Å². The number of benzene rings is 2. The van der Waals surface area contributed by atoms with Crippen molar-refractivity contribution in [1.29, 1.82) is 0 Å². The van der Waals surface area contributed by atoms with Crippen molar-refractivity contribution in [3.63, 3.8) is 0 Å². The van der Waals surface area contributed by atoms with Crippen LogP contribution in [0.5, 0.6) is 17.2 Å². The van der Waals surface area contributed by atoms with Gasteiger partial charge in [0, 0.05) is 28.3 Å². The van der Waals surface area contributed by atoms with Crippen LogP contribution in [0.15, 0.2) is 36.4 Å². The number of aromatic carboxylic acids is 1. The van der Waals surface area contributed by atoms with Crippen LogP contribution in [0.3, 0.4) is 0 Å². The first-order chi connectivity index (χ1) is 15.4. The summed E-state index contributed by atoms with van der Waals surface area (Å²) >= 11 is 1.17. The van der Waals surface area contributed by atoms with Crippen molar-refractivity contribution in [3.8, 4) is 28.4 Å². The van der Waals surface area contributed by atoms with Gasteiger partial charge in [-0.25, -0.2) is 4.79 Å². The summed E-state index contributed by atoms with van der Waals surface area (Å²) in [6.45, 7) is 1.96. The summed E-state index contributed by atoms with van der Waals surface area (Å²) in [4.78, 5) is 25.9. The molecule has 3 aromatic rings. The molecular weight excluding hydrogens is 430 g/mol. The third-order valence-electron chi connectivity index (χ3n) is 5.55. The number of anilines is 1. The van der Waals surface area contributed by atoms with Gasteiger partial charge in [0.05, 0.1) is 27.0 Å². The first-order valence-electron chi connectivity index (χ1n) is 9.95. The van der Waals surface area contributed by atoms with Crippen molar-refractivity contribution < 1.29 is 28.9 Å². The van der Waals surface area contributed by atoms with Gasteiger partial charge >= 0.3 is 5.97 Å². The fourth-order valence-corrected chi connectivity index (χ4v) is 5.32. The quantitative estimate of drug-likeness (QED) is 0.550. The molecule has 1 atom stereocenters. The molecule has 0 fully saturated rings. The average Bonchev–Trinajstić information content (AvgIpc) is 3.17. The predicted octanol–water partition coefficient (Wildman–Crippen LogP) is 4.92. The molecule has 2 heterocycles. The lowest BCUT2D eigenvalue weighted by Crippen LogP contribution is -2.23. The van der Waals surface area contributed by atoms with Gasteiger partial charge in [0.1, 0.15) is 4.88 Å². The third kappa shape index (κ3) is 3.56. The summed E-state index contributed by atoms with van der Waals surface area (Å²) < 4.78 is 16.5.